The van der Waals surface area contributed by atoms with Gasteiger partial charge in [0.25, 0.3) is 0 Å². The molecule has 0 radical (unpaired) electrons. The van der Waals surface area contributed by atoms with E-state index in [9.17, 15) is 14.7 Å². The normalized spacial score (nSPS) is 45.7. The monoisotopic (exact) mass is 515 g/mol. The summed E-state index contributed by atoms with van der Waals surface area (Å²) in [5, 5.41) is 13.1. The van der Waals surface area contributed by atoms with Crippen molar-refractivity contribution in [1.29, 1.82) is 0 Å². The van der Waals surface area contributed by atoms with Crippen LogP contribution in [0.2, 0.25) is 0 Å². The Bertz CT molecular complexity index is 1080. The fourth-order valence-electron chi connectivity index (χ4n) is 8.74. The third kappa shape index (κ3) is 3.42. The summed E-state index contributed by atoms with van der Waals surface area (Å²) >= 11 is 0. The summed E-state index contributed by atoms with van der Waals surface area (Å²) in [6, 6.07) is 0. The van der Waals surface area contributed by atoms with Crippen LogP contribution in [0.25, 0.3) is 0 Å². The van der Waals surface area contributed by atoms with Crippen LogP contribution < -0.4 is 0 Å². The lowest BCUT2D eigenvalue weighted by molar-refractivity contribution is -0.303. The number of aliphatic hydroxyl groups is 1. The first kappa shape index (κ1) is 25.6. The van der Waals surface area contributed by atoms with Crippen molar-refractivity contribution < 1.29 is 30.3 Å². The second-order valence-corrected chi connectivity index (χ2v) is 13.6. The van der Waals surface area contributed by atoms with E-state index in [4.69, 9.17) is 14.2 Å². The number of ketones is 1. The third-order valence-corrected chi connectivity index (χ3v) is 10.8. The number of Topliss-reactive ketones (excluding diaryl/α,β-unsaturated/α-hetero) is 1. The number of piperidine rings is 1. The molecule has 2 heterocycles. The van der Waals surface area contributed by atoms with Crippen molar-refractivity contribution in [1.82, 2.24) is 4.90 Å². The van der Waals surface area contributed by atoms with Gasteiger partial charge >= 0.3 is 6.09 Å². The Hall–Kier alpha value is -1.70. The summed E-state index contributed by atoms with van der Waals surface area (Å²) in [7, 11) is 0. The predicted octanol–water partition coefficient (Wildman–Crippen LogP) is 4.88. The Morgan fingerprint density at radius 3 is 2.57 bits per heavy atom. The van der Waals surface area contributed by atoms with E-state index in [1.807, 2.05) is 26.8 Å². The number of hydrogen-bond acceptors (Lipinski definition) is 6. The summed E-state index contributed by atoms with van der Waals surface area (Å²) < 4.78 is 18.8. The molecule has 0 aromatic heterocycles. The molecule has 1 unspecified atom stereocenters. The number of ether oxygens (including phenoxy) is 3. The van der Waals surface area contributed by atoms with Crippen LogP contribution in [0.4, 0.5) is 4.79 Å². The molecule has 8 atom stereocenters. The molecule has 2 saturated carbocycles. The zero-order chi connectivity index (χ0) is 26.5. The number of hydrogen-bond donors (Lipinski definition) is 1. The number of nitrogens with zero attached hydrogens (tertiary/aromatic N) is 1. The fourth-order valence-corrected chi connectivity index (χ4v) is 8.74. The summed E-state index contributed by atoms with van der Waals surface area (Å²) in [6.07, 6.45) is 6.63. The van der Waals surface area contributed by atoms with Crippen LogP contribution in [0.5, 0.6) is 0 Å². The van der Waals surface area contributed by atoms with Gasteiger partial charge in [-0.2, -0.15) is 0 Å². The molecule has 1 spiro atoms. The first-order valence-electron chi connectivity index (χ1n) is 14.3. The highest BCUT2D eigenvalue weighted by atomic mass is 16.7. The van der Waals surface area contributed by atoms with Gasteiger partial charge in [-0.1, -0.05) is 32.9 Å². The molecule has 0 aromatic carbocycles. The number of fused-ring (bicyclic) bond motifs is 5. The number of amides is 1. The second kappa shape index (κ2) is 8.15. The molecule has 37 heavy (non-hydrogen) atoms. The lowest BCUT2D eigenvalue weighted by atomic mass is 9.57. The van der Waals surface area contributed by atoms with Crippen LogP contribution in [0.15, 0.2) is 23.3 Å². The van der Waals surface area contributed by atoms with Gasteiger partial charge in [0.2, 0.25) is 0 Å². The van der Waals surface area contributed by atoms with Gasteiger partial charge in [-0.25, -0.2) is 4.79 Å². The van der Waals surface area contributed by atoms with Gasteiger partial charge in [-0.15, -0.1) is 0 Å². The van der Waals surface area contributed by atoms with Crippen LogP contribution in [0, 0.1) is 34.5 Å². The van der Waals surface area contributed by atoms with Crippen molar-refractivity contribution >= 4 is 11.9 Å². The lowest BCUT2D eigenvalue weighted by Crippen LogP contribution is -2.68. The highest BCUT2D eigenvalue weighted by Crippen LogP contribution is 2.70. The summed E-state index contributed by atoms with van der Waals surface area (Å²) in [6.45, 7) is 13.8. The fraction of sp³-hybridized carbons (Fsp3) is 0.800. The van der Waals surface area contributed by atoms with Crippen LogP contribution in [0.1, 0.15) is 75.1 Å². The summed E-state index contributed by atoms with van der Waals surface area (Å²) in [5.74, 6) is -0.678. The van der Waals surface area contributed by atoms with Crippen molar-refractivity contribution in [2.24, 2.45) is 34.5 Å². The molecule has 206 valence electrons. The van der Waals surface area contributed by atoms with Gasteiger partial charge in [-0.3, -0.25) is 4.79 Å². The minimum atomic E-state index is -1.76. The van der Waals surface area contributed by atoms with Crippen molar-refractivity contribution in [2.45, 2.75) is 97.2 Å². The molecule has 1 amide bonds. The number of rotatable bonds is 1. The summed E-state index contributed by atoms with van der Waals surface area (Å²) in [5.41, 5.74) is -1.39. The largest absolute Gasteiger partial charge is 0.438 e. The van der Waals surface area contributed by atoms with Gasteiger partial charge in [0.1, 0.15) is 6.10 Å². The highest BCUT2D eigenvalue weighted by molar-refractivity contribution is 5.95. The van der Waals surface area contributed by atoms with E-state index in [1.54, 1.807) is 4.90 Å². The van der Waals surface area contributed by atoms with Crippen molar-refractivity contribution in [3.63, 3.8) is 0 Å². The molecule has 2 saturated heterocycles. The van der Waals surface area contributed by atoms with Gasteiger partial charge in [0.15, 0.2) is 23.3 Å². The van der Waals surface area contributed by atoms with Crippen molar-refractivity contribution in [2.75, 3.05) is 19.7 Å². The number of likely N-dealkylation sites (tertiary alicyclic amines) is 1. The van der Waals surface area contributed by atoms with E-state index in [2.05, 4.69) is 26.8 Å². The molecule has 1 N–H and O–H groups in total. The first-order valence-corrected chi connectivity index (χ1v) is 14.3. The quantitative estimate of drug-likeness (QED) is 0.501. The zero-order valence-electron chi connectivity index (χ0n) is 23.2. The van der Waals surface area contributed by atoms with Gasteiger partial charge < -0.3 is 24.2 Å². The SMILES string of the molecule is CC1=C[C@]23C(=O)[C@@H](C=C4COC(C)(C)OC4[C@]2(O)[C@H]1OC(=O)N1CCCCC1)[C@H]1[C@@H](CC[C@H]3C)C1(C)C.[HH]. The van der Waals surface area contributed by atoms with E-state index >= 15 is 0 Å². The third-order valence-electron chi connectivity index (χ3n) is 10.8. The second-order valence-electron chi connectivity index (χ2n) is 13.6. The van der Waals surface area contributed by atoms with Crippen LogP contribution in [-0.2, 0) is 19.0 Å². The van der Waals surface area contributed by atoms with Crippen LogP contribution in [-0.4, -0.2) is 65.2 Å². The maximum atomic E-state index is 14.8. The summed E-state index contributed by atoms with van der Waals surface area (Å²) in [4.78, 5) is 30.0. The van der Waals surface area contributed by atoms with E-state index in [1.165, 1.54) is 0 Å². The average molecular weight is 516 g/mol. The molecular formula is C30H45NO6. The van der Waals surface area contributed by atoms with Crippen LogP contribution >= 0.6 is 0 Å². The lowest BCUT2D eigenvalue weighted by Gasteiger charge is -2.53. The van der Waals surface area contributed by atoms with E-state index in [0.29, 0.717) is 19.0 Å². The highest BCUT2D eigenvalue weighted by Gasteiger charge is 2.76. The molecule has 6 rings (SSSR count). The van der Waals surface area contributed by atoms with Gasteiger partial charge in [0, 0.05) is 20.4 Å². The van der Waals surface area contributed by atoms with Crippen molar-refractivity contribution in [3.8, 4) is 0 Å². The molecule has 7 heteroatoms. The molecule has 2 aliphatic heterocycles. The average Bonchev–Trinajstić information content (AvgIpc) is 3.33. The molecule has 7 nitrogen and oxygen atoms in total. The Morgan fingerprint density at radius 2 is 1.86 bits per heavy atom. The molecule has 4 aliphatic carbocycles. The van der Waals surface area contributed by atoms with Gasteiger partial charge in [0.05, 0.1) is 12.0 Å². The predicted molar refractivity (Wildman–Crippen MR) is 140 cm³/mol. The Kier molecular flexibility index (Phi) is 5.63. The Labute approximate surface area is 222 Å². The standard InChI is InChI=1S/C30H43NO6.H2/c1-17-15-29-18(2)10-11-21-22(27(21,3)4)20(23(29)32)14-19-16-35-28(5,6)37-25(19)30(29,34)24(17)36-26(33)31-12-8-7-9-13-31;/h14-15,18,20-22,24-25,34H,7-13,16H2,1-6H3;1H/t18-,20+,21-,22+,24+,25?,29+,30-;/m1./s1. The number of carbonyl (C=O) groups excluding carboxylic acids is 2. The first-order chi connectivity index (χ1) is 17.3. The smallest absolute Gasteiger partial charge is 0.410 e. The van der Waals surface area contributed by atoms with Crippen LogP contribution in [0.3, 0.4) is 0 Å². The minimum absolute atomic E-state index is 0. The van der Waals surface area contributed by atoms with E-state index in [0.717, 1.165) is 43.3 Å². The molecule has 2 bridgehead atoms. The topological polar surface area (TPSA) is 85.3 Å². The Morgan fingerprint density at radius 1 is 1.16 bits per heavy atom. The van der Waals surface area contributed by atoms with E-state index < -0.39 is 35.1 Å². The Balaban J connectivity index is 0.00000294. The molecule has 0 aromatic rings. The molecule has 6 aliphatic rings. The number of allylic oxidation sites excluding steroid dienone is 1. The molecule has 4 fully saturated rings. The van der Waals surface area contributed by atoms with Crippen molar-refractivity contribution in [3.05, 3.63) is 23.3 Å². The molecular weight excluding hydrogens is 470 g/mol. The van der Waals surface area contributed by atoms with Gasteiger partial charge in [-0.05, 0) is 87.2 Å². The minimum Gasteiger partial charge on any atom is -0.438 e. The van der Waals surface area contributed by atoms with E-state index in [-0.39, 0.29) is 37.0 Å². The maximum absolute atomic E-state index is 14.8. The number of carbonyl (C=O) groups is 2. The maximum Gasteiger partial charge on any atom is 0.410 e. The zero-order valence-corrected chi connectivity index (χ0v) is 23.2.